The van der Waals surface area contributed by atoms with E-state index in [4.69, 9.17) is 9.47 Å². The average molecular weight is 378 g/mol. The summed E-state index contributed by atoms with van der Waals surface area (Å²) in [6.07, 6.45) is 1.91. The Labute approximate surface area is 163 Å². The minimum absolute atomic E-state index is 0.109. The summed E-state index contributed by atoms with van der Waals surface area (Å²) in [5.41, 5.74) is 3.39. The average Bonchev–Trinajstić information content (AvgIpc) is 2.69. The quantitative estimate of drug-likeness (QED) is 0.618. The van der Waals surface area contributed by atoms with Gasteiger partial charge < -0.3 is 14.8 Å². The van der Waals surface area contributed by atoms with Gasteiger partial charge in [-0.2, -0.15) is 0 Å². The number of esters is 1. The molecule has 0 saturated heterocycles. The normalized spacial score (nSPS) is 10.5. The van der Waals surface area contributed by atoms with E-state index in [1.165, 1.54) is 6.20 Å². The molecule has 28 heavy (non-hydrogen) atoms. The van der Waals surface area contributed by atoms with Gasteiger partial charge in [0.05, 0.1) is 24.9 Å². The first-order valence-corrected chi connectivity index (χ1v) is 9.01. The van der Waals surface area contributed by atoms with Crippen molar-refractivity contribution in [2.75, 3.05) is 19.0 Å². The number of hydrogen-bond donors (Lipinski definition) is 1. The van der Waals surface area contributed by atoms with E-state index in [1.807, 2.05) is 42.5 Å². The number of carbonyl (C=O) groups is 2. The highest BCUT2D eigenvalue weighted by Gasteiger charge is 2.17. The van der Waals surface area contributed by atoms with Crippen molar-refractivity contribution in [2.24, 2.45) is 0 Å². The number of ether oxygens (including phenoxy) is 2. The van der Waals surface area contributed by atoms with Crippen LogP contribution in [0, 0.1) is 0 Å². The first-order chi connectivity index (χ1) is 13.5. The maximum atomic E-state index is 12.5. The van der Waals surface area contributed by atoms with Crippen molar-refractivity contribution in [2.45, 2.75) is 20.3 Å². The van der Waals surface area contributed by atoms with Crippen molar-refractivity contribution in [1.29, 1.82) is 0 Å². The molecule has 0 aliphatic rings. The molecule has 0 radical (unpaired) electrons. The standard InChI is InChI=1S/C22H22N2O4/c1-4-28-22(26)19-13-23-20-10-9-17(27-3)12-18(20)21(19)24-16-7-5-15(6-8-16)11-14(2)25/h5-10,12-13H,4,11H2,1-3H3,(H,23,24). The molecule has 1 heterocycles. The molecule has 0 saturated carbocycles. The number of anilines is 2. The van der Waals surface area contributed by atoms with Crippen LogP contribution in [0.5, 0.6) is 5.75 Å². The fraction of sp³-hybridized carbons (Fsp3) is 0.227. The van der Waals surface area contributed by atoms with Crippen LogP contribution < -0.4 is 10.1 Å². The number of rotatable bonds is 7. The Balaban J connectivity index is 2.06. The van der Waals surface area contributed by atoms with Gasteiger partial charge in [-0.05, 0) is 49.7 Å². The zero-order valence-corrected chi connectivity index (χ0v) is 16.1. The number of carbonyl (C=O) groups excluding carboxylic acids is 2. The zero-order chi connectivity index (χ0) is 20.1. The number of benzene rings is 2. The molecule has 0 fully saturated rings. The summed E-state index contributed by atoms with van der Waals surface area (Å²) >= 11 is 0. The van der Waals surface area contributed by atoms with Gasteiger partial charge in [0.2, 0.25) is 0 Å². The maximum Gasteiger partial charge on any atom is 0.341 e. The maximum absolute atomic E-state index is 12.5. The van der Waals surface area contributed by atoms with E-state index >= 15 is 0 Å². The second kappa shape index (κ2) is 8.52. The van der Waals surface area contributed by atoms with Crippen molar-refractivity contribution in [1.82, 2.24) is 4.98 Å². The van der Waals surface area contributed by atoms with Crippen LogP contribution >= 0.6 is 0 Å². The largest absolute Gasteiger partial charge is 0.497 e. The van der Waals surface area contributed by atoms with Crippen molar-refractivity contribution in [3.05, 3.63) is 59.8 Å². The Morgan fingerprint density at radius 3 is 2.50 bits per heavy atom. The van der Waals surface area contributed by atoms with Crippen LogP contribution in [-0.2, 0) is 16.0 Å². The summed E-state index contributed by atoms with van der Waals surface area (Å²) in [6, 6.07) is 13.0. The summed E-state index contributed by atoms with van der Waals surface area (Å²) in [6.45, 7) is 3.60. The predicted molar refractivity (Wildman–Crippen MR) is 108 cm³/mol. The summed E-state index contributed by atoms with van der Waals surface area (Å²) in [5.74, 6) is 0.322. The topological polar surface area (TPSA) is 77.5 Å². The lowest BCUT2D eigenvalue weighted by atomic mass is 10.1. The van der Waals surface area contributed by atoms with Crippen LogP contribution in [0.3, 0.4) is 0 Å². The number of ketones is 1. The van der Waals surface area contributed by atoms with Gasteiger partial charge in [-0.25, -0.2) is 4.79 Å². The Kier molecular flexibility index (Phi) is 5.89. The van der Waals surface area contributed by atoms with Gasteiger partial charge in [-0.15, -0.1) is 0 Å². The number of nitrogens with zero attached hydrogens (tertiary/aromatic N) is 1. The molecule has 0 aliphatic heterocycles. The molecule has 0 aliphatic carbocycles. The molecule has 6 heteroatoms. The number of aromatic nitrogens is 1. The third kappa shape index (κ3) is 4.28. The molecule has 3 rings (SSSR count). The van der Waals surface area contributed by atoms with Crippen molar-refractivity contribution < 1.29 is 19.1 Å². The molecule has 0 spiro atoms. The third-order valence-corrected chi connectivity index (χ3v) is 4.25. The van der Waals surface area contributed by atoms with Crippen molar-refractivity contribution >= 4 is 34.0 Å². The molecule has 1 aromatic heterocycles. The minimum Gasteiger partial charge on any atom is -0.497 e. The number of hydrogen-bond acceptors (Lipinski definition) is 6. The minimum atomic E-state index is -0.449. The molecule has 3 aromatic rings. The zero-order valence-electron chi connectivity index (χ0n) is 16.1. The molecule has 1 N–H and O–H groups in total. The van der Waals surface area contributed by atoms with Crippen LogP contribution in [0.4, 0.5) is 11.4 Å². The van der Waals surface area contributed by atoms with Gasteiger partial charge in [-0.3, -0.25) is 9.78 Å². The second-order valence-corrected chi connectivity index (χ2v) is 6.35. The summed E-state index contributed by atoms with van der Waals surface area (Å²) in [4.78, 5) is 28.1. The number of nitrogens with one attached hydrogen (secondary N) is 1. The lowest BCUT2D eigenvalue weighted by molar-refractivity contribution is -0.116. The summed E-state index contributed by atoms with van der Waals surface area (Å²) in [5, 5.41) is 4.05. The van der Waals surface area contributed by atoms with E-state index in [0.29, 0.717) is 23.4 Å². The first kappa shape index (κ1) is 19.4. The lowest BCUT2D eigenvalue weighted by Crippen LogP contribution is -2.09. The number of pyridine rings is 1. The van der Waals surface area contributed by atoms with Crippen LogP contribution in [-0.4, -0.2) is 30.5 Å². The highest BCUT2D eigenvalue weighted by atomic mass is 16.5. The highest BCUT2D eigenvalue weighted by Crippen LogP contribution is 2.32. The number of fused-ring (bicyclic) bond motifs is 1. The van der Waals surface area contributed by atoms with Crippen LogP contribution in [0.25, 0.3) is 10.9 Å². The van der Waals surface area contributed by atoms with Crippen molar-refractivity contribution in [3.8, 4) is 5.75 Å². The summed E-state index contributed by atoms with van der Waals surface area (Å²) in [7, 11) is 1.59. The second-order valence-electron chi connectivity index (χ2n) is 6.35. The molecular weight excluding hydrogens is 356 g/mol. The SMILES string of the molecule is CCOC(=O)c1cnc2ccc(OC)cc2c1Nc1ccc(CC(C)=O)cc1. The summed E-state index contributed by atoms with van der Waals surface area (Å²) < 4.78 is 10.5. The monoisotopic (exact) mass is 378 g/mol. The molecule has 2 aromatic carbocycles. The van der Waals surface area contributed by atoms with Gasteiger partial charge in [0.25, 0.3) is 0 Å². The van der Waals surface area contributed by atoms with Gasteiger partial charge >= 0.3 is 5.97 Å². The smallest absolute Gasteiger partial charge is 0.341 e. The Morgan fingerprint density at radius 2 is 1.86 bits per heavy atom. The van der Waals surface area contributed by atoms with E-state index in [1.54, 1.807) is 21.0 Å². The molecule has 0 bridgehead atoms. The fourth-order valence-corrected chi connectivity index (χ4v) is 2.93. The van der Waals surface area contributed by atoms with Crippen LogP contribution in [0.1, 0.15) is 29.8 Å². The van der Waals surface area contributed by atoms with Crippen LogP contribution in [0.2, 0.25) is 0 Å². The fourth-order valence-electron chi connectivity index (χ4n) is 2.93. The first-order valence-electron chi connectivity index (χ1n) is 9.01. The van der Waals surface area contributed by atoms with Crippen LogP contribution in [0.15, 0.2) is 48.7 Å². The molecule has 0 amide bonds. The predicted octanol–water partition coefficient (Wildman–Crippen LogP) is 4.30. The van der Waals surface area contributed by atoms with E-state index in [2.05, 4.69) is 10.3 Å². The Hall–Kier alpha value is -3.41. The number of methoxy groups -OCH3 is 1. The molecule has 144 valence electrons. The van der Waals surface area contributed by atoms with Gasteiger partial charge in [0, 0.05) is 23.7 Å². The van der Waals surface area contributed by atoms with Gasteiger partial charge in [0.15, 0.2) is 0 Å². The van der Waals surface area contributed by atoms with E-state index < -0.39 is 5.97 Å². The van der Waals surface area contributed by atoms with Gasteiger partial charge in [0.1, 0.15) is 17.1 Å². The highest BCUT2D eigenvalue weighted by molar-refractivity contribution is 6.06. The van der Waals surface area contributed by atoms with Crippen molar-refractivity contribution in [3.63, 3.8) is 0 Å². The Bertz CT molecular complexity index is 1010. The molecule has 0 atom stereocenters. The Morgan fingerprint density at radius 1 is 1.11 bits per heavy atom. The van der Waals surface area contributed by atoms with E-state index in [9.17, 15) is 9.59 Å². The molecule has 6 nitrogen and oxygen atoms in total. The lowest BCUT2D eigenvalue weighted by Gasteiger charge is -2.15. The van der Waals surface area contributed by atoms with E-state index in [0.717, 1.165) is 22.2 Å². The molecule has 0 unspecified atom stereocenters. The van der Waals surface area contributed by atoms with Gasteiger partial charge in [-0.1, -0.05) is 12.1 Å². The third-order valence-electron chi connectivity index (χ3n) is 4.25. The molecular formula is C22H22N2O4. The number of Topliss-reactive ketones (excluding diaryl/α,β-unsaturated/α-hetero) is 1. The van der Waals surface area contributed by atoms with E-state index in [-0.39, 0.29) is 12.4 Å².